The van der Waals surface area contributed by atoms with Gasteiger partial charge in [0.25, 0.3) is 0 Å². The molecule has 1 aliphatic rings. The Morgan fingerprint density at radius 1 is 1.30 bits per heavy atom. The van der Waals surface area contributed by atoms with Crippen molar-refractivity contribution in [3.63, 3.8) is 0 Å². The standard InChI is InChI=1S/C10H9/c1-2-6-10-8-4-3-7-9(10)5-1/h1,5-6H,3,7-8H2. The normalized spacial score (nSPS) is 16.4. The van der Waals surface area contributed by atoms with E-state index < -0.39 is 0 Å². The maximum Gasteiger partial charge on any atom is -0.0123 e. The average Bonchev–Trinajstić information content (AvgIpc) is 2.05. The quantitative estimate of drug-likeness (QED) is 0.503. The molecule has 49 valence electrons. The second-order valence-electron chi connectivity index (χ2n) is 2.62. The van der Waals surface area contributed by atoms with E-state index in [1.54, 1.807) is 0 Å². The first-order chi connectivity index (χ1) is 4.97. The van der Waals surface area contributed by atoms with Crippen LogP contribution in [0.2, 0.25) is 0 Å². The lowest BCUT2D eigenvalue weighted by atomic mass is 9.92. The van der Waals surface area contributed by atoms with E-state index in [0.29, 0.717) is 0 Å². The highest BCUT2D eigenvalue weighted by Gasteiger charge is 2.06. The molecule has 1 aliphatic carbocycles. The van der Waals surface area contributed by atoms with Gasteiger partial charge in [0.1, 0.15) is 0 Å². The second-order valence-corrected chi connectivity index (χ2v) is 2.62. The van der Waals surface area contributed by atoms with Gasteiger partial charge in [-0.05, 0) is 42.9 Å². The fourth-order valence-corrected chi connectivity index (χ4v) is 1.35. The summed E-state index contributed by atoms with van der Waals surface area (Å²) in [4.78, 5) is 0. The molecule has 10 heavy (non-hydrogen) atoms. The van der Waals surface area contributed by atoms with E-state index in [0.717, 1.165) is 12.8 Å². The zero-order chi connectivity index (χ0) is 6.81. The molecule has 0 fully saturated rings. The molecule has 0 N–H and O–H groups in total. The van der Waals surface area contributed by atoms with Gasteiger partial charge in [-0.3, -0.25) is 0 Å². The second kappa shape index (κ2) is 2.45. The van der Waals surface area contributed by atoms with E-state index in [4.69, 9.17) is 0 Å². The van der Waals surface area contributed by atoms with Gasteiger partial charge in [-0.25, -0.2) is 0 Å². The van der Waals surface area contributed by atoms with Crippen LogP contribution in [0.15, 0.2) is 18.2 Å². The Bertz CT molecular complexity index is 200. The van der Waals surface area contributed by atoms with Crippen molar-refractivity contribution >= 4 is 0 Å². The van der Waals surface area contributed by atoms with Crippen LogP contribution in [0.5, 0.6) is 0 Å². The van der Waals surface area contributed by atoms with Crippen LogP contribution in [0.1, 0.15) is 17.5 Å². The lowest BCUT2D eigenvalue weighted by molar-refractivity contribution is 0.829. The molecule has 0 amide bonds. The van der Waals surface area contributed by atoms with Gasteiger partial charge in [0.15, 0.2) is 0 Å². The van der Waals surface area contributed by atoms with Crippen LogP contribution in [-0.4, -0.2) is 0 Å². The molecule has 3 radical (unpaired) electrons. The molecule has 0 heterocycles. The summed E-state index contributed by atoms with van der Waals surface area (Å²) in [5.74, 6) is 0. The van der Waals surface area contributed by atoms with Gasteiger partial charge in [0, 0.05) is 0 Å². The van der Waals surface area contributed by atoms with Gasteiger partial charge < -0.3 is 0 Å². The smallest absolute Gasteiger partial charge is 0.0123 e. The van der Waals surface area contributed by atoms with E-state index >= 15 is 0 Å². The van der Waals surface area contributed by atoms with E-state index in [1.165, 1.54) is 17.5 Å². The molecule has 0 spiro atoms. The van der Waals surface area contributed by atoms with Crippen molar-refractivity contribution in [3.05, 3.63) is 41.8 Å². The fourth-order valence-electron chi connectivity index (χ4n) is 1.35. The highest BCUT2D eigenvalue weighted by Crippen LogP contribution is 2.18. The van der Waals surface area contributed by atoms with E-state index in [1.807, 2.05) is 6.07 Å². The SMILES string of the molecule is [C]1CCc2cc[c]cc2C1. The first-order valence-electron chi connectivity index (χ1n) is 3.65. The van der Waals surface area contributed by atoms with Crippen LogP contribution >= 0.6 is 0 Å². The summed E-state index contributed by atoms with van der Waals surface area (Å²) < 4.78 is 0. The fraction of sp³-hybridized carbons (Fsp3) is 0.300. The zero-order valence-electron chi connectivity index (χ0n) is 5.85. The van der Waals surface area contributed by atoms with Gasteiger partial charge in [-0.1, -0.05) is 18.2 Å². The minimum Gasteiger partial charge on any atom is -0.0582 e. The van der Waals surface area contributed by atoms with E-state index in [-0.39, 0.29) is 0 Å². The summed E-state index contributed by atoms with van der Waals surface area (Å²) in [6.45, 7) is 0. The predicted octanol–water partition coefficient (Wildman–Crippen LogP) is 2.06. The highest BCUT2D eigenvalue weighted by molar-refractivity contribution is 5.30. The minimum atomic E-state index is 1.02. The molecule has 0 bridgehead atoms. The maximum atomic E-state index is 3.32. The first-order valence-corrected chi connectivity index (χ1v) is 3.65. The number of hydrogen-bond donors (Lipinski definition) is 0. The van der Waals surface area contributed by atoms with Crippen LogP contribution in [0.25, 0.3) is 0 Å². The van der Waals surface area contributed by atoms with Crippen LogP contribution < -0.4 is 0 Å². The topological polar surface area (TPSA) is 0 Å². The molecule has 2 rings (SSSR count). The molecule has 0 aliphatic heterocycles. The Morgan fingerprint density at radius 3 is 3.20 bits per heavy atom. The number of hydrogen-bond acceptors (Lipinski definition) is 0. The molecule has 0 saturated heterocycles. The Kier molecular flexibility index (Phi) is 1.46. The van der Waals surface area contributed by atoms with Crippen LogP contribution in [-0.2, 0) is 12.8 Å². The van der Waals surface area contributed by atoms with E-state index in [9.17, 15) is 0 Å². The van der Waals surface area contributed by atoms with Crippen LogP contribution in [0.4, 0.5) is 0 Å². The van der Waals surface area contributed by atoms with E-state index in [2.05, 4.69) is 24.6 Å². The van der Waals surface area contributed by atoms with Gasteiger partial charge in [0.2, 0.25) is 0 Å². The molecule has 1 aromatic rings. The maximum absolute atomic E-state index is 3.32. The van der Waals surface area contributed by atoms with Gasteiger partial charge >= 0.3 is 0 Å². The average molecular weight is 129 g/mol. The number of fused-ring (bicyclic) bond motifs is 1. The van der Waals surface area contributed by atoms with Crippen molar-refractivity contribution < 1.29 is 0 Å². The molecule has 0 heteroatoms. The van der Waals surface area contributed by atoms with Crippen molar-refractivity contribution in [1.29, 1.82) is 0 Å². The third-order valence-corrected chi connectivity index (χ3v) is 1.94. The minimum absolute atomic E-state index is 1.02. The van der Waals surface area contributed by atoms with Gasteiger partial charge in [-0.2, -0.15) is 0 Å². The van der Waals surface area contributed by atoms with Crippen molar-refractivity contribution in [2.75, 3.05) is 0 Å². The molecule has 0 saturated carbocycles. The third kappa shape index (κ3) is 0.942. The summed E-state index contributed by atoms with van der Waals surface area (Å²) in [7, 11) is 0. The Balaban J connectivity index is 2.41. The van der Waals surface area contributed by atoms with Crippen molar-refractivity contribution in [2.45, 2.75) is 19.3 Å². The molecule has 0 atom stereocenters. The third-order valence-electron chi connectivity index (χ3n) is 1.94. The summed E-state index contributed by atoms with van der Waals surface area (Å²) >= 11 is 0. The lowest BCUT2D eigenvalue weighted by Gasteiger charge is -2.13. The molecule has 0 unspecified atom stereocenters. The number of benzene rings is 1. The zero-order valence-corrected chi connectivity index (χ0v) is 5.85. The monoisotopic (exact) mass is 129 g/mol. The lowest BCUT2D eigenvalue weighted by Crippen LogP contribution is -2.01. The highest BCUT2D eigenvalue weighted by atomic mass is 14.1. The van der Waals surface area contributed by atoms with Crippen LogP contribution in [0, 0.1) is 12.5 Å². The summed E-state index contributed by atoms with van der Waals surface area (Å²) in [6.07, 6.45) is 6.63. The predicted molar refractivity (Wildman–Crippen MR) is 40.5 cm³/mol. The summed E-state index contributed by atoms with van der Waals surface area (Å²) in [5, 5.41) is 0. The Hall–Kier alpha value is -0.780. The van der Waals surface area contributed by atoms with Crippen LogP contribution in [0.3, 0.4) is 0 Å². The Morgan fingerprint density at radius 2 is 2.30 bits per heavy atom. The summed E-state index contributed by atoms with van der Waals surface area (Å²) in [5.41, 5.74) is 2.89. The van der Waals surface area contributed by atoms with Crippen molar-refractivity contribution in [1.82, 2.24) is 0 Å². The summed E-state index contributed by atoms with van der Waals surface area (Å²) in [6, 6.07) is 9.30. The molecule has 0 aromatic heterocycles. The number of rotatable bonds is 0. The largest absolute Gasteiger partial charge is 0.0582 e. The molecule has 1 aromatic carbocycles. The first kappa shape index (κ1) is 5.96. The van der Waals surface area contributed by atoms with Crippen molar-refractivity contribution in [3.8, 4) is 0 Å². The van der Waals surface area contributed by atoms with Crippen molar-refractivity contribution in [2.24, 2.45) is 0 Å². The molecular weight excluding hydrogens is 120 g/mol. The molecule has 0 nitrogen and oxygen atoms in total. The number of aryl methyl sites for hydroxylation is 1. The Labute approximate surface area is 61.9 Å². The van der Waals surface area contributed by atoms with Gasteiger partial charge in [0.05, 0.1) is 0 Å². The van der Waals surface area contributed by atoms with Gasteiger partial charge in [-0.15, -0.1) is 0 Å². The molecular formula is C10H9.